The molecule has 1 heterocycles. The molecule has 1 aromatic heterocycles. The van der Waals surface area contributed by atoms with Crippen molar-refractivity contribution in [2.75, 3.05) is 26.1 Å². The number of nitrogens with zero attached hydrogens (tertiary/aromatic N) is 1. The zero-order valence-corrected chi connectivity index (χ0v) is 16.0. The predicted molar refractivity (Wildman–Crippen MR) is 104 cm³/mol. The summed E-state index contributed by atoms with van der Waals surface area (Å²) in [5.74, 6) is 0.928. The minimum atomic E-state index is -0.364. The molecular formula is C20H25N3O4. The Kier molecular flexibility index (Phi) is 7.16. The Morgan fingerprint density at radius 3 is 2.52 bits per heavy atom. The summed E-state index contributed by atoms with van der Waals surface area (Å²) in [6.45, 7) is 4.74. The number of anilines is 1. The Balaban J connectivity index is 2.10. The van der Waals surface area contributed by atoms with E-state index in [4.69, 9.17) is 9.47 Å². The highest BCUT2D eigenvalue weighted by Crippen LogP contribution is 2.29. The number of aromatic nitrogens is 1. The molecule has 0 spiro atoms. The van der Waals surface area contributed by atoms with Crippen LogP contribution in [0.5, 0.6) is 11.5 Å². The maximum Gasteiger partial charge on any atom is 0.269 e. The van der Waals surface area contributed by atoms with Crippen LogP contribution >= 0.6 is 0 Å². The van der Waals surface area contributed by atoms with Crippen LogP contribution in [0.4, 0.5) is 5.69 Å². The van der Waals surface area contributed by atoms with Crippen LogP contribution in [0.3, 0.4) is 0 Å². The monoisotopic (exact) mass is 371 g/mol. The maximum atomic E-state index is 12.6. The van der Waals surface area contributed by atoms with Crippen molar-refractivity contribution in [1.82, 2.24) is 10.3 Å². The van der Waals surface area contributed by atoms with Gasteiger partial charge in [-0.15, -0.1) is 0 Å². The lowest BCUT2D eigenvalue weighted by Crippen LogP contribution is -2.26. The molecule has 0 saturated heterocycles. The second-order valence-electron chi connectivity index (χ2n) is 6.39. The number of nitrogens with one attached hydrogen (secondary N) is 2. The summed E-state index contributed by atoms with van der Waals surface area (Å²) in [4.78, 5) is 28.8. The largest absolute Gasteiger partial charge is 0.497 e. The normalized spacial score (nSPS) is 10.4. The highest BCUT2D eigenvalue weighted by Gasteiger charge is 2.14. The summed E-state index contributed by atoms with van der Waals surface area (Å²) in [5.41, 5.74) is 1.04. The van der Waals surface area contributed by atoms with E-state index in [-0.39, 0.29) is 17.5 Å². The van der Waals surface area contributed by atoms with E-state index >= 15 is 0 Å². The summed E-state index contributed by atoms with van der Waals surface area (Å²) >= 11 is 0. The molecule has 0 unspecified atom stereocenters. The molecule has 2 aromatic rings. The zero-order valence-electron chi connectivity index (χ0n) is 16.0. The fourth-order valence-corrected chi connectivity index (χ4v) is 2.36. The molecule has 27 heavy (non-hydrogen) atoms. The lowest BCUT2D eigenvalue weighted by molar-refractivity contribution is 0.0947. The number of rotatable bonds is 8. The number of amides is 2. The smallest absolute Gasteiger partial charge is 0.269 e. The molecule has 0 fully saturated rings. The average Bonchev–Trinajstić information content (AvgIpc) is 2.67. The van der Waals surface area contributed by atoms with Crippen molar-refractivity contribution >= 4 is 17.5 Å². The topological polar surface area (TPSA) is 89.5 Å². The van der Waals surface area contributed by atoms with Crippen molar-refractivity contribution in [2.45, 2.75) is 20.3 Å². The Labute approximate surface area is 159 Å². The highest BCUT2D eigenvalue weighted by atomic mass is 16.5. The van der Waals surface area contributed by atoms with E-state index in [2.05, 4.69) is 29.5 Å². The highest BCUT2D eigenvalue weighted by molar-refractivity contribution is 6.06. The summed E-state index contributed by atoms with van der Waals surface area (Å²) in [6, 6.07) is 8.11. The summed E-state index contributed by atoms with van der Waals surface area (Å²) in [6.07, 6.45) is 2.32. The first-order chi connectivity index (χ1) is 12.9. The van der Waals surface area contributed by atoms with Crippen LogP contribution in [0.1, 0.15) is 41.1 Å². The molecule has 7 heteroatoms. The summed E-state index contributed by atoms with van der Waals surface area (Å²) in [5, 5.41) is 5.58. The van der Waals surface area contributed by atoms with Gasteiger partial charge in [-0.2, -0.15) is 0 Å². The van der Waals surface area contributed by atoms with E-state index in [0.29, 0.717) is 35.2 Å². The van der Waals surface area contributed by atoms with Crippen LogP contribution in [0, 0.1) is 5.92 Å². The molecule has 0 atom stereocenters. The van der Waals surface area contributed by atoms with Gasteiger partial charge >= 0.3 is 0 Å². The van der Waals surface area contributed by atoms with Crippen molar-refractivity contribution < 1.29 is 19.1 Å². The van der Waals surface area contributed by atoms with Gasteiger partial charge in [0.15, 0.2) is 0 Å². The molecule has 0 radical (unpaired) electrons. The molecular weight excluding hydrogens is 346 g/mol. The second-order valence-corrected chi connectivity index (χ2v) is 6.39. The number of carbonyl (C=O) groups excluding carboxylic acids is 2. The molecule has 2 N–H and O–H groups in total. The number of hydrogen-bond acceptors (Lipinski definition) is 5. The van der Waals surface area contributed by atoms with Crippen molar-refractivity contribution in [1.29, 1.82) is 0 Å². The quantitative estimate of drug-likeness (QED) is 0.744. The van der Waals surface area contributed by atoms with Gasteiger partial charge in [-0.1, -0.05) is 13.8 Å². The van der Waals surface area contributed by atoms with Crippen molar-refractivity contribution in [2.24, 2.45) is 5.92 Å². The number of hydrogen-bond donors (Lipinski definition) is 2. The fraction of sp³-hybridized carbons (Fsp3) is 0.350. The zero-order chi connectivity index (χ0) is 19.8. The van der Waals surface area contributed by atoms with Gasteiger partial charge in [0.05, 0.1) is 19.9 Å². The Morgan fingerprint density at radius 2 is 1.85 bits per heavy atom. The molecule has 0 saturated carbocycles. The lowest BCUT2D eigenvalue weighted by Gasteiger charge is -2.12. The average molecular weight is 371 g/mol. The molecule has 0 aliphatic heterocycles. The van der Waals surface area contributed by atoms with Gasteiger partial charge in [0.1, 0.15) is 17.2 Å². The van der Waals surface area contributed by atoms with Crippen LogP contribution in [-0.4, -0.2) is 37.6 Å². The van der Waals surface area contributed by atoms with Crippen LogP contribution in [0.2, 0.25) is 0 Å². The number of ether oxygens (including phenoxy) is 2. The predicted octanol–water partition coefficient (Wildman–Crippen LogP) is 3.13. The molecule has 0 aliphatic carbocycles. The van der Waals surface area contributed by atoms with Crippen molar-refractivity contribution in [3.05, 3.63) is 47.8 Å². The number of methoxy groups -OCH3 is 2. The van der Waals surface area contributed by atoms with Gasteiger partial charge in [-0.25, -0.2) is 0 Å². The van der Waals surface area contributed by atoms with Crippen molar-refractivity contribution in [3.8, 4) is 11.5 Å². The van der Waals surface area contributed by atoms with E-state index in [9.17, 15) is 9.59 Å². The summed E-state index contributed by atoms with van der Waals surface area (Å²) in [7, 11) is 3.06. The van der Waals surface area contributed by atoms with Gasteiger partial charge in [0.2, 0.25) is 0 Å². The SMILES string of the molecule is COc1ccc(NC(=O)c2ccnc(C(=O)NCCC(C)C)c2)c(OC)c1. The molecule has 0 bridgehead atoms. The van der Waals surface area contributed by atoms with Crippen molar-refractivity contribution in [3.63, 3.8) is 0 Å². The minimum Gasteiger partial charge on any atom is -0.497 e. The van der Waals surface area contributed by atoms with E-state index in [1.165, 1.54) is 19.4 Å². The number of benzene rings is 1. The van der Waals surface area contributed by atoms with E-state index in [0.717, 1.165) is 6.42 Å². The first-order valence-electron chi connectivity index (χ1n) is 8.72. The Morgan fingerprint density at radius 1 is 1.07 bits per heavy atom. The first-order valence-corrected chi connectivity index (χ1v) is 8.72. The van der Waals surface area contributed by atoms with Gasteiger partial charge in [-0.3, -0.25) is 14.6 Å². The molecule has 1 aromatic carbocycles. The molecule has 7 nitrogen and oxygen atoms in total. The molecule has 0 aliphatic rings. The first kappa shape index (κ1) is 20.2. The number of pyridine rings is 1. The Hall–Kier alpha value is -3.09. The van der Waals surface area contributed by atoms with Crippen LogP contribution in [0.15, 0.2) is 36.5 Å². The van der Waals surface area contributed by atoms with Gasteiger partial charge in [0, 0.05) is 24.4 Å². The van der Waals surface area contributed by atoms with Crippen LogP contribution in [0.25, 0.3) is 0 Å². The minimum absolute atomic E-state index is 0.202. The van der Waals surface area contributed by atoms with Gasteiger partial charge in [0.25, 0.3) is 11.8 Å². The molecule has 2 amide bonds. The van der Waals surface area contributed by atoms with Crippen LogP contribution in [-0.2, 0) is 0 Å². The van der Waals surface area contributed by atoms with Gasteiger partial charge in [-0.05, 0) is 36.6 Å². The lowest BCUT2D eigenvalue weighted by atomic mass is 10.1. The third-order valence-electron chi connectivity index (χ3n) is 3.92. The van der Waals surface area contributed by atoms with E-state index < -0.39 is 0 Å². The fourth-order valence-electron chi connectivity index (χ4n) is 2.36. The third-order valence-corrected chi connectivity index (χ3v) is 3.92. The van der Waals surface area contributed by atoms with Gasteiger partial charge < -0.3 is 20.1 Å². The van der Waals surface area contributed by atoms with Crippen LogP contribution < -0.4 is 20.1 Å². The molecule has 144 valence electrons. The van der Waals surface area contributed by atoms with E-state index in [1.807, 2.05) is 0 Å². The van der Waals surface area contributed by atoms with E-state index in [1.54, 1.807) is 31.4 Å². The summed E-state index contributed by atoms with van der Waals surface area (Å²) < 4.78 is 10.4. The third kappa shape index (κ3) is 5.70. The Bertz CT molecular complexity index is 806. The molecule has 2 rings (SSSR count). The number of carbonyl (C=O) groups is 2. The standard InChI is InChI=1S/C20H25N3O4/c1-13(2)7-9-22-20(25)17-11-14(8-10-21-17)19(24)23-16-6-5-15(26-3)12-18(16)27-4/h5-6,8,10-13H,7,9H2,1-4H3,(H,22,25)(H,23,24). The second kappa shape index (κ2) is 9.56. The maximum absolute atomic E-state index is 12.6.